The molecule has 0 spiro atoms. The molecule has 29 heavy (non-hydrogen) atoms. The minimum Gasteiger partial charge on any atom is -0.495 e. The summed E-state index contributed by atoms with van der Waals surface area (Å²) in [5.74, 6) is -0.713. The lowest BCUT2D eigenvalue weighted by Gasteiger charge is -2.11. The number of halogens is 1. The molecule has 0 aromatic heterocycles. The van der Waals surface area contributed by atoms with E-state index < -0.39 is 24.4 Å². The summed E-state index contributed by atoms with van der Waals surface area (Å²) in [6.45, 7) is 1.49. The monoisotopic (exact) mass is 420 g/mol. The molecule has 2 amide bonds. The second-order valence-corrected chi connectivity index (χ2v) is 6.13. The molecular formula is C20H21ClN2O6. The summed E-state index contributed by atoms with van der Waals surface area (Å²) >= 11 is 5.89. The Labute approximate surface area is 173 Å². The molecule has 2 N–H and O–H groups in total. The van der Waals surface area contributed by atoms with E-state index in [1.54, 1.807) is 36.4 Å². The first-order chi connectivity index (χ1) is 13.9. The maximum absolute atomic E-state index is 12.0. The highest BCUT2D eigenvalue weighted by atomic mass is 35.5. The molecule has 9 heteroatoms. The third kappa shape index (κ3) is 7.00. The number of rotatable bonds is 9. The zero-order valence-corrected chi connectivity index (χ0v) is 16.7. The van der Waals surface area contributed by atoms with Crippen molar-refractivity contribution < 1.29 is 28.6 Å². The standard InChI is InChI=1S/C20H21ClN2O6/c1-3-28-15-7-4-13(5-8-15)20(26)22-11-19(25)29-12-18(24)23-16-10-14(21)6-9-17(16)27-2/h4-10H,3,11-12H2,1-2H3,(H,22,26)(H,23,24). The molecule has 0 saturated heterocycles. The van der Waals surface area contributed by atoms with E-state index in [-0.39, 0.29) is 6.54 Å². The van der Waals surface area contributed by atoms with Crippen LogP contribution in [0.25, 0.3) is 0 Å². The molecule has 0 heterocycles. The van der Waals surface area contributed by atoms with Gasteiger partial charge in [-0.25, -0.2) is 0 Å². The molecule has 154 valence electrons. The van der Waals surface area contributed by atoms with Crippen LogP contribution in [0, 0.1) is 0 Å². The van der Waals surface area contributed by atoms with Crippen LogP contribution in [0.4, 0.5) is 5.69 Å². The molecule has 2 aromatic carbocycles. The van der Waals surface area contributed by atoms with Crippen LogP contribution in [0.2, 0.25) is 5.02 Å². The lowest BCUT2D eigenvalue weighted by Crippen LogP contribution is -2.32. The van der Waals surface area contributed by atoms with Gasteiger partial charge in [-0.1, -0.05) is 11.6 Å². The first-order valence-electron chi connectivity index (χ1n) is 8.73. The molecule has 0 aliphatic carbocycles. The highest BCUT2D eigenvalue weighted by Crippen LogP contribution is 2.27. The quantitative estimate of drug-likeness (QED) is 0.604. The fourth-order valence-electron chi connectivity index (χ4n) is 2.28. The van der Waals surface area contributed by atoms with Crippen molar-refractivity contribution in [3.8, 4) is 11.5 Å². The van der Waals surface area contributed by atoms with Crippen LogP contribution in [0.15, 0.2) is 42.5 Å². The molecule has 8 nitrogen and oxygen atoms in total. The number of hydrogen-bond acceptors (Lipinski definition) is 6. The molecule has 0 aliphatic rings. The summed E-state index contributed by atoms with van der Waals surface area (Å²) in [7, 11) is 1.45. The number of anilines is 1. The Kier molecular flexibility index (Phi) is 8.29. The maximum atomic E-state index is 12.0. The maximum Gasteiger partial charge on any atom is 0.325 e. The van der Waals surface area contributed by atoms with Gasteiger partial charge in [-0.15, -0.1) is 0 Å². The van der Waals surface area contributed by atoms with Crippen molar-refractivity contribution in [2.75, 3.05) is 32.2 Å². The van der Waals surface area contributed by atoms with Crippen molar-refractivity contribution in [2.24, 2.45) is 0 Å². The molecule has 2 aromatic rings. The Bertz CT molecular complexity index is 870. The SMILES string of the molecule is CCOc1ccc(C(=O)NCC(=O)OCC(=O)Nc2cc(Cl)ccc2OC)cc1. The highest BCUT2D eigenvalue weighted by Gasteiger charge is 2.13. The summed E-state index contributed by atoms with van der Waals surface area (Å²) in [5.41, 5.74) is 0.719. The Balaban J connectivity index is 1.77. The van der Waals surface area contributed by atoms with Gasteiger partial charge in [0.25, 0.3) is 11.8 Å². The number of carbonyl (C=O) groups is 3. The summed E-state index contributed by atoms with van der Waals surface area (Å²) in [6.07, 6.45) is 0. The predicted molar refractivity (Wildman–Crippen MR) is 108 cm³/mol. The summed E-state index contributed by atoms with van der Waals surface area (Å²) in [5, 5.41) is 5.38. The lowest BCUT2D eigenvalue weighted by atomic mass is 10.2. The summed E-state index contributed by atoms with van der Waals surface area (Å²) < 4.78 is 15.3. The predicted octanol–water partition coefficient (Wildman–Crippen LogP) is 2.66. The second-order valence-electron chi connectivity index (χ2n) is 5.69. The average molecular weight is 421 g/mol. The molecule has 2 rings (SSSR count). The van der Waals surface area contributed by atoms with Gasteiger partial charge in [0.05, 0.1) is 19.4 Å². The number of amides is 2. The highest BCUT2D eigenvalue weighted by molar-refractivity contribution is 6.31. The fraction of sp³-hybridized carbons (Fsp3) is 0.250. The van der Waals surface area contributed by atoms with Crippen molar-refractivity contribution in [3.63, 3.8) is 0 Å². The van der Waals surface area contributed by atoms with Gasteiger partial charge in [0.1, 0.15) is 18.0 Å². The van der Waals surface area contributed by atoms with Gasteiger partial charge in [0.2, 0.25) is 0 Å². The molecular weight excluding hydrogens is 400 g/mol. The van der Waals surface area contributed by atoms with Crippen LogP contribution in [-0.2, 0) is 14.3 Å². The van der Waals surface area contributed by atoms with Crippen molar-refractivity contribution in [1.29, 1.82) is 0 Å². The van der Waals surface area contributed by atoms with Crippen LogP contribution < -0.4 is 20.1 Å². The van der Waals surface area contributed by atoms with Gasteiger partial charge in [-0.3, -0.25) is 14.4 Å². The van der Waals surface area contributed by atoms with Crippen molar-refractivity contribution in [1.82, 2.24) is 5.32 Å². The van der Waals surface area contributed by atoms with E-state index in [0.717, 1.165) is 0 Å². The van der Waals surface area contributed by atoms with Crippen molar-refractivity contribution in [3.05, 3.63) is 53.1 Å². The van der Waals surface area contributed by atoms with Crippen LogP contribution in [0.3, 0.4) is 0 Å². The zero-order valence-electron chi connectivity index (χ0n) is 16.0. The van der Waals surface area contributed by atoms with E-state index in [1.165, 1.54) is 13.2 Å². The van der Waals surface area contributed by atoms with Gasteiger partial charge in [-0.05, 0) is 49.4 Å². The third-order valence-electron chi connectivity index (χ3n) is 3.62. The van der Waals surface area contributed by atoms with E-state index in [2.05, 4.69) is 10.6 Å². The van der Waals surface area contributed by atoms with E-state index in [9.17, 15) is 14.4 Å². The molecule has 0 aliphatic heterocycles. The van der Waals surface area contributed by atoms with E-state index in [0.29, 0.717) is 34.4 Å². The summed E-state index contributed by atoms with van der Waals surface area (Å²) in [4.78, 5) is 35.8. The third-order valence-corrected chi connectivity index (χ3v) is 3.86. The molecule has 0 saturated carbocycles. The summed E-state index contributed by atoms with van der Waals surface area (Å²) in [6, 6.07) is 11.2. The number of benzene rings is 2. The van der Waals surface area contributed by atoms with Gasteiger partial charge < -0.3 is 24.8 Å². The van der Waals surface area contributed by atoms with Crippen LogP contribution in [0.1, 0.15) is 17.3 Å². The number of carbonyl (C=O) groups excluding carboxylic acids is 3. The molecule has 0 atom stereocenters. The first kappa shape index (κ1) is 22.0. The Morgan fingerprint density at radius 1 is 1.07 bits per heavy atom. The zero-order chi connectivity index (χ0) is 21.2. The van der Waals surface area contributed by atoms with E-state index in [1.807, 2.05) is 6.92 Å². The van der Waals surface area contributed by atoms with Crippen molar-refractivity contribution in [2.45, 2.75) is 6.92 Å². The smallest absolute Gasteiger partial charge is 0.325 e. The average Bonchev–Trinajstić information content (AvgIpc) is 2.71. The molecule has 0 bridgehead atoms. The topological polar surface area (TPSA) is 103 Å². The minimum absolute atomic E-state index is 0.352. The number of esters is 1. The lowest BCUT2D eigenvalue weighted by molar-refractivity contribution is -0.146. The van der Waals surface area contributed by atoms with Gasteiger partial charge in [-0.2, -0.15) is 0 Å². The first-order valence-corrected chi connectivity index (χ1v) is 9.10. The fourth-order valence-corrected chi connectivity index (χ4v) is 2.46. The van der Waals surface area contributed by atoms with Crippen LogP contribution >= 0.6 is 11.6 Å². The molecule has 0 fully saturated rings. The molecule has 0 radical (unpaired) electrons. The van der Waals surface area contributed by atoms with Crippen LogP contribution in [-0.4, -0.2) is 44.7 Å². The normalized spacial score (nSPS) is 10.0. The number of nitrogens with one attached hydrogen (secondary N) is 2. The number of ether oxygens (including phenoxy) is 3. The van der Waals surface area contributed by atoms with Gasteiger partial charge >= 0.3 is 5.97 Å². The Hall–Kier alpha value is -3.26. The van der Waals surface area contributed by atoms with Crippen molar-refractivity contribution >= 4 is 35.1 Å². The Morgan fingerprint density at radius 3 is 2.45 bits per heavy atom. The number of methoxy groups -OCH3 is 1. The van der Waals surface area contributed by atoms with Gasteiger partial charge in [0.15, 0.2) is 6.61 Å². The largest absolute Gasteiger partial charge is 0.495 e. The second kappa shape index (κ2) is 10.9. The van der Waals surface area contributed by atoms with E-state index >= 15 is 0 Å². The van der Waals surface area contributed by atoms with Crippen LogP contribution in [0.5, 0.6) is 11.5 Å². The number of hydrogen-bond donors (Lipinski definition) is 2. The Morgan fingerprint density at radius 2 is 1.79 bits per heavy atom. The minimum atomic E-state index is -0.752. The van der Waals surface area contributed by atoms with E-state index in [4.69, 9.17) is 25.8 Å². The van der Waals surface area contributed by atoms with Gasteiger partial charge in [0, 0.05) is 10.6 Å². The molecule has 0 unspecified atom stereocenters.